The molecule has 2 aromatic rings. The number of hydrogen-bond acceptors (Lipinski definition) is 5. The van der Waals surface area contributed by atoms with Gasteiger partial charge in [0.25, 0.3) is 5.91 Å². The Labute approximate surface area is 125 Å². The molecule has 0 radical (unpaired) electrons. The summed E-state index contributed by atoms with van der Waals surface area (Å²) in [7, 11) is 1.46. The van der Waals surface area contributed by atoms with Gasteiger partial charge in [0.15, 0.2) is 5.75 Å². The Kier molecular flexibility index (Phi) is 4.64. The van der Waals surface area contributed by atoms with Gasteiger partial charge in [-0.3, -0.25) is 4.79 Å². The van der Waals surface area contributed by atoms with Crippen molar-refractivity contribution in [2.75, 3.05) is 24.7 Å². The second-order valence-electron chi connectivity index (χ2n) is 4.34. The van der Waals surface area contributed by atoms with Gasteiger partial charge in [0, 0.05) is 6.54 Å². The fourth-order valence-corrected chi connectivity index (χ4v) is 2.91. The van der Waals surface area contributed by atoms with Crippen molar-refractivity contribution in [1.82, 2.24) is 0 Å². The summed E-state index contributed by atoms with van der Waals surface area (Å²) in [4.78, 5) is 11.5. The van der Waals surface area contributed by atoms with E-state index in [-0.39, 0.29) is 16.4 Å². The third kappa shape index (κ3) is 3.25. The van der Waals surface area contributed by atoms with Crippen LogP contribution in [0.15, 0.2) is 24.3 Å². The van der Waals surface area contributed by atoms with Crippen molar-refractivity contribution in [2.45, 2.75) is 6.42 Å². The maximum absolute atomic E-state index is 13.5. The quantitative estimate of drug-likeness (QED) is 0.763. The first-order valence-electron chi connectivity index (χ1n) is 6.28. The number of halogens is 1. The number of carbonyl (C=O) groups excluding carboxylic acids is 1. The third-order valence-electron chi connectivity index (χ3n) is 2.97. The van der Waals surface area contributed by atoms with Crippen LogP contribution in [0.25, 0.3) is 0 Å². The number of carbonyl (C=O) groups is 1. The predicted molar refractivity (Wildman–Crippen MR) is 82.4 cm³/mol. The number of hydrogen-bond donors (Lipinski definition) is 3. The van der Waals surface area contributed by atoms with Crippen LogP contribution in [0.5, 0.6) is 5.75 Å². The van der Waals surface area contributed by atoms with Crippen molar-refractivity contribution >= 4 is 27.9 Å². The standard InChI is InChI=1S/C14H16FN3O2S/c1-20-11-10(16)12(13(17)19)21-14(11)18-7-6-8-4-2-3-5-9(8)15/h2-5,18H,6-7,16H2,1H3,(H2,17,19). The van der Waals surface area contributed by atoms with Crippen molar-refractivity contribution < 1.29 is 13.9 Å². The number of anilines is 2. The molecule has 7 heteroatoms. The molecule has 2 rings (SSSR count). The lowest BCUT2D eigenvalue weighted by Crippen LogP contribution is -2.10. The number of primary amides is 1. The molecule has 0 atom stereocenters. The Balaban J connectivity index is 2.08. The Morgan fingerprint density at radius 3 is 2.76 bits per heavy atom. The van der Waals surface area contributed by atoms with Gasteiger partial charge in [-0.25, -0.2) is 4.39 Å². The van der Waals surface area contributed by atoms with Gasteiger partial charge in [0.1, 0.15) is 21.4 Å². The molecule has 1 aromatic heterocycles. The highest BCUT2D eigenvalue weighted by atomic mass is 32.1. The monoisotopic (exact) mass is 309 g/mol. The molecular weight excluding hydrogens is 293 g/mol. The first kappa shape index (κ1) is 15.1. The number of nitrogens with two attached hydrogens (primary N) is 2. The Morgan fingerprint density at radius 1 is 1.43 bits per heavy atom. The molecule has 0 aliphatic rings. The van der Waals surface area contributed by atoms with E-state index in [4.69, 9.17) is 16.2 Å². The first-order chi connectivity index (χ1) is 10.0. The van der Waals surface area contributed by atoms with Crippen molar-refractivity contribution in [3.63, 3.8) is 0 Å². The van der Waals surface area contributed by atoms with Crippen LogP contribution in [0.4, 0.5) is 15.1 Å². The molecule has 1 aromatic carbocycles. The van der Waals surface area contributed by atoms with E-state index in [1.54, 1.807) is 18.2 Å². The van der Waals surface area contributed by atoms with E-state index in [1.165, 1.54) is 13.2 Å². The van der Waals surface area contributed by atoms with Gasteiger partial charge >= 0.3 is 0 Å². The third-order valence-corrected chi connectivity index (χ3v) is 4.12. The zero-order chi connectivity index (χ0) is 15.4. The zero-order valence-electron chi connectivity index (χ0n) is 11.5. The molecule has 0 unspecified atom stereocenters. The lowest BCUT2D eigenvalue weighted by Gasteiger charge is -2.07. The number of methoxy groups -OCH3 is 1. The number of thiophene rings is 1. The van der Waals surface area contributed by atoms with Gasteiger partial charge in [0.2, 0.25) is 0 Å². The summed E-state index contributed by atoms with van der Waals surface area (Å²) in [5, 5.41) is 3.71. The molecule has 0 aliphatic heterocycles. The number of nitrogen functional groups attached to an aromatic ring is 1. The van der Waals surface area contributed by atoms with Crippen LogP contribution in [0, 0.1) is 5.82 Å². The average Bonchev–Trinajstić information content (AvgIpc) is 2.77. The van der Waals surface area contributed by atoms with E-state index in [9.17, 15) is 9.18 Å². The minimum atomic E-state index is -0.599. The number of rotatable bonds is 6. The van der Waals surface area contributed by atoms with Crippen molar-refractivity contribution in [2.24, 2.45) is 5.73 Å². The minimum absolute atomic E-state index is 0.225. The van der Waals surface area contributed by atoms with Crippen molar-refractivity contribution in [3.05, 3.63) is 40.5 Å². The highest BCUT2D eigenvalue weighted by Gasteiger charge is 2.19. The van der Waals surface area contributed by atoms with Crippen LogP contribution in [0.2, 0.25) is 0 Å². The fraction of sp³-hybridized carbons (Fsp3) is 0.214. The topological polar surface area (TPSA) is 90.4 Å². The van der Waals surface area contributed by atoms with E-state index in [1.807, 2.05) is 0 Å². The van der Waals surface area contributed by atoms with Gasteiger partial charge in [-0.15, -0.1) is 11.3 Å². The molecule has 112 valence electrons. The van der Waals surface area contributed by atoms with Crippen LogP contribution < -0.4 is 21.5 Å². The van der Waals surface area contributed by atoms with E-state index in [0.29, 0.717) is 29.3 Å². The SMILES string of the molecule is COc1c(NCCc2ccccc2F)sc(C(N)=O)c1N. The first-order valence-corrected chi connectivity index (χ1v) is 7.09. The molecule has 5 nitrogen and oxygen atoms in total. The lowest BCUT2D eigenvalue weighted by atomic mass is 10.1. The highest BCUT2D eigenvalue weighted by molar-refractivity contribution is 7.19. The maximum Gasteiger partial charge on any atom is 0.261 e. The highest BCUT2D eigenvalue weighted by Crippen LogP contribution is 2.42. The number of benzene rings is 1. The molecule has 0 fully saturated rings. The van der Waals surface area contributed by atoms with Gasteiger partial charge in [-0.1, -0.05) is 18.2 Å². The number of nitrogens with one attached hydrogen (secondary N) is 1. The molecule has 0 saturated carbocycles. The van der Waals surface area contributed by atoms with E-state index >= 15 is 0 Å². The van der Waals surface area contributed by atoms with E-state index in [2.05, 4.69) is 5.32 Å². The lowest BCUT2D eigenvalue weighted by molar-refractivity contribution is 0.100. The van der Waals surface area contributed by atoms with Crippen LogP contribution in [-0.4, -0.2) is 19.6 Å². The van der Waals surface area contributed by atoms with E-state index < -0.39 is 5.91 Å². The smallest absolute Gasteiger partial charge is 0.261 e. The number of ether oxygens (including phenoxy) is 1. The van der Waals surface area contributed by atoms with Gasteiger partial charge in [0.05, 0.1) is 7.11 Å². The molecule has 5 N–H and O–H groups in total. The maximum atomic E-state index is 13.5. The second kappa shape index (κ2) is 6.45. The molecule has 0 aliphatic carbocycles. The number of amides is 1. The molecule has 0 spiro atoms. The van der Waals surface area contributed by atoms with Crippen molar-refractivity contribution in [1.29, 1.82) is 0 Å². The Hall–Kier alpha value is -2.28. The normalized spacial score (nSPS) is 10.4. The summed E-state index contributed by atoms with van der Waals surface area (Å²) in [5.41, 5.74) is 11.9. The van der Waals surface area contributed by atoms with Gasteiger partial charge in [-0.05, 0) is 18.1 Å². The summed E-state index contributed by atoms with van der Waals surface area (Å²) < 4.78 is 18.7. The van der Waals surface area contributed by atoms with Gasteiger partial charge < -0.3 is 21.5 Å². The molecule has 0 bridgehead atoms. The minimum Gasteiger partial charge on any atom is -0.492 e. The molecule has 1 amide bonds. The molecular formula is C14H16FN3O2S. The Morgan fingerprint density at radius 2 is 2.14 bits per heavy atom. The average molecular weight is 309 g/mol. The molecule has 1 heterocycles. The zero-order valence-corrected chi connectivity index (χ0v) is 12.3. The predicted octanol–water partition coefficient (Wildman–Crippen LogP) is 2.23. The van der Waals surface area contributed by atoms with E-state index in [0.717, 1.165) is 11.3 Å². The van der Waals surface area contributed by atoms with Crippen LogP contribution in [0.1, 0.15) is 15.2 Å². The van der Waals surface area contributed by atoms with Crippen molar-refractivity contribution in [3.8, 4) is 5.75 Å². The van der Waals surface area contributed by atoms with Crippen LogP contribution in [-0.2, 0) is 6.42 Å². The summed E-state index contributed by atoms with van der Waals surface area (Å²) in [6.45, 7) is 0.482. The summed E-state index contributed by atoms with van der Waals surface area (Å²) in [6, 6.07) is 6.58. The van der Waals surface area contributed by atoms with Gasteiger partial charge in [-0.2, -0.15) is 0 Å². The van der Waals surface area contributed by atoms with Crippen LogP contribution >= 0.6 is 11.3 Å². The largest absolute Gasteiger partial charge is 0.492 e. The second-order valence-corrected chi connectivity index (χ2v) is 5.36. The summed E-state index contributed by atoms with van der Waals surface area (Å²) >= 11 is 1.13. The summed E-state index contributed by atoms with van der Waals surface area (Å²) in [5.74, 6) is -0.449. The molecule has 21 heavy (non-hydrogen) atoms. The van der Waals surface area contributed by atoms with Crippen LogP contribution in [0.3, 0.4) is 0 Å². The summed E-state index contributed by atoms with van der Waals surface area (Å²) in [6.07, 6.45) is 0.500. The molecule has 0 saturated heterocycles. The Bertz CT molecular complexity index is 658. The fourth-order valence-electron chi connectivity index (χ4n) is 1.94.